The molecule has 1 rings (SSSR count). The van der Waals surface area contributed by atoms with Gasteiger partial charge in [-0.2, -0.15) is 0 Å². The zero-order chi connectivity index (χ0) is 15.7. The summed E-state index contributed by atoms with van der Waals surface area (Å²) in [5.74, 6) is -0.878. The molecule has 5 heteroatoms. The van der Waals surface area contributed by atoms with Crippen LogP contribution in [0.4, 0.5) is 0 Å². The average Bonchev–Trinajstić information content (AvgIpc) is 2.49. The van der Waals surface area contributed by atoms with E-state index in [0.29, 0.717) is 26.0 Å². The first-order valence-electron chi connectivity index (χ1n) is 7.08. The standard InChI is InChI=1S/C16H23NO4/c1-13(14-6-4-3-5-7-14)8-9-15(18)17(10-11-21-2)12-16(19)20/h3-7,13H,8-12H2,1-2H3,(H,19,20). The first kappa shape index (κ1) is 17.2. The van der Waals surface area contributed by atoms with Crippen LogP contribution in [0.1, 0.15) is 31.2 Å². The summed E-state index contributed by atoms with van der Waals surface area (Å²) >= 11 is 0. The lowest BCUT2D eigenvalue weighted by molar-refractivity contribution is -0.144. The number of rotatable bonds is 9. The summed E-state index contributed by atoms with van der Waals surface area (Å²) in [6.45, 7) is 2.44. The molecule has 0 aromatic heterocycles. The van der Waals surface area contributed by atoms with E-state index in [1.54, 1.807) is 0 Å². The third kappa shape index (κ3) is 6.40. The van der Waals surface area contributed by atoms with Crippen LogP contribution in [0.3, 0.4) is 0 Å². The maximum absolute atomic E-state index is 12.1. The molecule has 1 atom stereocenters. The second-order valence-corrected chi connectivity index (χ2v) is 5.05. The van der Waals surface area contributed by atoms with Crippen LogP contribution in [0.5, 0.6) is 0 Å². The number of benzene rings is 1. The normalized spacial score (nSPS) is 11.9. The molecule has 0 bridgehead atoms. The number of hydrogen-bond donors (Lipinski definition) is 1. The van der Waals surface area contributed by atoms with Gasteiger partial charge in [-0.05, 0) is 17.9 Å². The molecule has 5 nitrogen and oxygen atoms in total. The van der Waals surface area contributed by atoms with Crippen LogP contribution < -0.4 is 0 Å². The third-order valence-electron chi connectivity index (χ3n) is 3.40. The lowest BCUT2D eigenvalue weighted by Gasteiger charge is -2.21. The molecule has 0 saturated carbocycles. The summed E-state index contributed by atoms with van der Waals surface area (Å²) in [5, 5.41) is 8.85. The van der Waals surface area contributed by atoms with Crippen molar-refractivity contribution < 1.29 is 19.4 Å². The van der Waals surface area contributed by atoms with Crippen molar-refractivity contribution in [3.05, 3.63) is 35.9 Å². The molecule has 1 N–H and O–H groups in total. The predicted molar refractivity (Wildman–Crippen MR) is 80.2 cm³/mol. The number of carbonyl (C=O) groups is 2. The molecule has 0 fully saturated rings. The first-order valence-corrected chi connectivity index (χ1v) is 7.08. The largest absolute Gasteiger partial charge is 0.480 e. The average molecular weight is 293 g/mol. The van der Waals surface area contributed by atoms with E-state index in [4.69, 9.17) is 9.84 Å². The van der Waals surface area contributed by atoms with Crippen LogP contribution in [0.2, 0.25) is 0 Å². The van der Waals surface area contributed by atoms with Gasteiger partial charge in [-0.3, -0.25) is 9.59 Å². The number of carboxylic acid groups (broad SMARTS) is 1. The van der Waals surface area contributed by atoms with Crippen LogP contribution in [-0.2, 0) is 14.3 Å². The van der Waals surface area contributed by atoms with E-state index in [9.17, 15) is 9.59 Å². The van der Waals surface area contributed by atoms with Gasteiger partial charge < -0.3 is 14.7 Å². The summed E-state index contributed by atoms with van der Waals surface area (Å²) in [4.78, 5) is 24.3. The first-order chi connectivity index (χ1) is 10.0. The number of hydrogen-bond acceptors (Lipinski definition) is 3. The summed E-state index contributed by atoms with van der Waals surface area (Å²) in [6, 6.07) is 9.98. The number of carboxylic acids is 1. The second-order valence-electron chi connectivity index (χ2n) is 5.05. The zero-order valence-corrected chi connectivity index (χ0v) is 12.6. The number of amides is 1. The van der Waals surface area contributed by atoms with Crippen LogP contribution >= 0.6 is 0 Å². The van der Waals surface area contributed by atoms with Crippen molar-refractivity contribution in [2.24, 2.45) is 0 Å². The van der Waals surface area contributed by atoms with Crippen LogP contribution in [0, 0.1) is 0 Å². The molecule has 0 aliphatic carbocycles. The second kappa shape index (κ2) is 9.13. The van der Waals surface area contributed by atoms with Gasteiger partial charge in [0.15, 0.2) is 0 Å². The molecule has 0 heterocycles. The third-order valence-corrected chi connectivity index (χ3v) is 3.40. The molecular weight excluding hydrogens is 270 g/mol. The summed E-state index contributed by atoms with van der Waals surface area (Å²) < 4.78 is 4.91. The van der Waals surface area contributed by atoms with E-state index in [0.717, 1.165) is 0 Å². The lowest BCUT2D eigenvalue weighted by atomic mass is 9.96. The molecule has 1 unspecified atom stereocenters. The van der Waals surface area contributed by atoms with Crippen LogP contribution in [-0.4, -0.2) is 48.7 Å². The highest BCUT2D eigenvalue weighted by molar-refractivity contribution is 5.81. The number of carbonyl (C=O) groups excluding carboxylic acids is 1. The van der Waals surface area contributed by atoms with Gasteiger partial charge in [0.25, 0.3) is 0 Å². The van der Waals surface area contributed by atoms with Crippen molar-refractivity contribution in [1.82, 2.24) is 4.90 Å². The maximum atomic E-state index is 12.1. The molecule has 0 spiro atoms. The van der Waals surface area contributed by atoms with Crippen molar-refractivity contribution in [3.63, 3.8) is 0 Å². The van der Waals surface area contributed by atoms with Crippen molar-refractivity contribution in [3.8, 4) is 0 Å². The molecule has 1 aromatic carbocycles. The Hall–Kier alpha value is -1.88. The Kier molecular flexibility index (Phi) is 7.46. The van der Waals surface area contributed by atoms with Gasteiger partial charge in [-0.25, -0.2) is 0 Å². The molecule has 116 valence electrons. The summed E-state index contributed by atoms with van der Waals surface area (Å²) in [5.41, 5.74) is 1.19. The van der Waals surface area contributed by atoms with Gasteiger partial charge >= 0.3 is 5.97 Å². The summed E-state index contributed by atoms with van der Waals surface area (Å²) in [6.07, 6.45) is 1.04. The molecule has 0 aliphatic rings. The Morgan fingerprint density at radius 2 is 1.95 bits per heavy atom. The van der Waals surface area contributed by atoms with E-state index in [1.165, 1.54) is 17.6 Å². The Balaban J connectivity index is 2.50. The highest BCUT2D eigenvalue weighted by Crippen LogP contribution is 2.20. The number of ether oxygens (including phenoxy) is 1. The van der Waals surface area contributed by atoms with Crippen molar-refractivity contribution in [1.29, 1.82) is 0 Å². The fourth-order valence-electron chi connectivity index (χ4n) is 2.10. The highest BCUT2D eigenvalue weighted by Gasteiger charge is 2.17. The number of methoxy groups -OCH3 is 1. The zero-order valence-electron chi connectivity index (χ0n) is 12.6. The minimum Gasteiger partial charge on any atom is -0.480 e. The molecule has 0 aliphatic heterocycles. The van der Waals surface area contributed by atoms with Gasteiger partial charge in [-0.1, -0.05) is 37.3 Å². The van der Waals surface area contributed by atoms with Gasteiger partial charge in [0.2, 0.25) is 5.91 Å². The van der Waals surface area contributed by atoms with Gasteiger partial charge in [0, 0.05) is 20.1 Å². The monoisotopic (exact) mass is 293 g/mol. The molecule has 0 radical (unpaired) electrons. The lowest BCUT2D eigenvalue weighted by Crippen LogP contribution is -2.38. The van der Waals surface area contributed by atoms with E-state index >= 15 is 0 Å². The SMILES string of the molecule is COCCN(CC(=O)O)C(=O)CCC(C)c1ccccc1. The number of aliphatic carboxylic acids is 1. The van der Waals surface area contributed by atoms with Crippen LogP contribution in [0.25, 0.3) is 0 Å². The fraction of sp³-hybridized carbons (Fsp3) is 0.500. The van der Waals surface area contributed by atoms with E-state index in [-0.39, 0.29) is 18.4 Å². The molecule has 1 amide bonds. The van der Waals surface area contributed by atoms with Crippen molar-refractivity contribution in [2.45, 2.75) is 25.7 Å². The van der Waals surface area contributed by atoms with Gasteiger partial charge in [-0.15, -0.1) is 0 Å². The quantitative estimate of drug-likeness (QED) is 0.757. The van der Waals surface area contributed by atoms with E-state index in [1.807, 2.05) is 30.3 Å². The van der Waals surface area contributed by atoms with Crippen molar-refractivity contribution in [2.75, 3.05) is 26.8 Å². The molecule has 21 heavy (non-hydrogen) atoms. The van der Waals surface area contributed by atoms with E-state index < -0.39 is 5.97 Å². The Morgan fingerprint density at radius 1 is 1.29 bits per heavy atom. The topological polar surface area (TPSA) is 66.8 Å². The van der Waals surface area contributed by atoms with Gasteiger partial charge in [0.05, 0.1) is 6.61 Å². The van der Waals surface area contributed by atoms with E-state index in [2.05, 4.69) is 6.92 Å². The Bertz CT molecular complexity index is 447. The minimum atomic E-state index is -1.00. The predicted octanol–water partition coefficient (Wildman–Crippen LogP) is 2.13. The Morgan fingerprint density at radius 3 is 2.52 bits per heavy atom. The molecule has 0 saturated heterocycles. The summed E-state index contributed by atoms with van der Waals surface area (Å²) in [7, 11) is 1.53. The van der Waals surface area contributed by atoms with Crippen LogP contribution in [0.15, 0.2) is 30.3 Å². The fourth-order valence-corrected chi connectivity index (χ4v) is 2.10. The smallest absolute Gasteiger partial charge is 0.323 e. The maximum Gasteiger partial charge on any atom is 0.323 e. The Labute approximate surface area is 125 Å². The van der Waals surface area contributed by atoms with Gasteiger partial charge in [0.1, 0.15) is 6.54 Å². The molecular formula is C16H23NO4. The molecule has 1 aromatic rings. The highest BCUT2D eigenvalue weighted by atomic mass is 16.5. The minimum absolute atomic E-state index is 0.141. The number of nitrogens with zero attached hydrogens (tertiary/aromatic N) is 1. The van der Waals surface area contributed by atoms with Crippen molar-refractivity contribution >= 4 is 11.9 Å².